The van der Waals surface area contributed by atoms with E-state index < -0.39 is 0 Å². The van der Waals surface area contributed by atoms with Crippen LogP contribution in [0.3, 0.4) is 0 Å². The summed E-state index contributed by atoms with van der Waals surface area (Å²) in [6.07, 6.45) is 0. The van der Waals surface area contributed by atoms with Crippen molar-refractivity contribution < 1.29 is 4.74 Å². The smallest absolute Gasteiger partial charge is 0.204 e. The Balaban J connectivity index is 1.54. The molecule has 0 amide bonds. The van der Waals surface area contributed by atoms with E-state index in [2.05, 4.69) is 20.6 Å². The van der Waals surface area contributed by atoms with Gasteiger partial charge >= 0.3 is 0 Å². The van der Waals surface area contributed by atoms with Crippen LogP contribution in [0, 0.1) is 5.41 Å². The van der Waals surface area contributed by atoms with Gasteiger partial charge in [0.2, 0.25) is 5.82 Å². The van der Waals surface area contributed by atoms with Crippen LogP contribution in [0.1, 0.15) is 5.56 Å². The van der Waals surface area contributed by atoms with E-state index in [1.54, 1.807) is 6.07 Å². The maximum Gasteiger partial charge on any atom is 0.204 e. The number of pyridine rings is 1. The normalized spacial score (nSPS) is 10.7. The minimum Gasteiger partial charge on any atom is -0.457 e. The number of nitrogens with zero attached hydrogens (tertiary/aromatic N) is 4. The van der Waals surface area contributed by atoms with Crippen LogP contribution in [0.25, 0.3) is 33.9 Å². The Bertz CT molecular complexity index is 1450. The molecule has 0 atom stereocenters. The highest BCUT2D eigenvalue weighted by atomic mass is 16.5. The highest BCUT2D eigenvalue weighted by Gasteiger charge is 2.17. The first-order valence-corrected chi connectivity index (χ1v) is 10.4. The van der Waals surface area contributed by atoms with Gasteiger partial charge in [-0.3, -0.25) is 5.41 Å². The zero-order valence-electron chi connectivity index (χ0n) is 17.9. The van der Waals surface area contributed by atoms with Crippen LogP contribution >= 0.6 is 0 Å². The lowest BCUT2D eigenvalue weighted by Crippen LogP contribution is -2.16. The second kappa shape index (κ2) is 8.83. The number of hydrogen-bond acceptors (Lipinski definition) is 7. The number of ether oxygens (including phenoxy) is 1. The number of benzene rings is 3. The van der Waals surface area contributed by atoms with E-state index in [-0.39, 0.29) is 5.84 Å². The minimum absolute atomic E-state index is 0.156. The van der Waals surface area contributed by atoms with Crippen LogP contribution in [0.15, 0.2) is 84.9 Å². The van der Waals surface area contributed by atoms with Crippen molar-refractivity contribution >= 4 is 11.5 Å². The van der Waals surface area contributed by atoms with Crippen molar-refractivity contribution in [3.8, 4) is 45.4 Å². The van der Waals surface area contributed by atoms with E-state index in [1.165, 1.54) is 0 Å². The molecule has 0 aliphatic rings. The van der Waals surface area contributed by atoms with Gasteiger partial charge in [-0.15, -0.1) is 10.2 Å². The van der Waals surface area contributed by atoms with Gasteiger partial charge in [0, 0.05) is 22.4 Å². The number of nitrogen functional groups attached to an aromatic ring is 2. The molecular weight excluding hydrogens is 428 g/mol. The van der Waals surface area contributed by atoms with E-state index in [0.717, 1.165) is 22.4 Å². The van der Waals surface area contributed by atoms with Gasteiger partial charge in [0.15, 0.2) is 0 Å². The van der Waals surface area contributed by atoms with Gasteiger partial charge in [-0.1, -0.05) is 36.4 Å². The lowest BCUT2D eigenvalue weighted by Gasteiger charge is -2.14. The molecule has 0 fully saturated rings. The van der Waals surface area contributed by atoms with Gasteiger partial charge in [-0.2, -0.15) is 5.21 Å². The molecule has 6 N–H and O–H groups in total. The highest BCUT2D eigenvalue weighted by molar-refractivity contribution is 6.05. The van der Waals surface area contributed by atoms with E-state index in [4.69, 9.17) is 26.6 Å². The van der Waals surface area contributed by atoms with Gasteiger partial charge in [-0.05, 0) is 53.7 Å². The average Bonchev–Trinajstić information content (AvgIpc) is 3.40. The Hall–Kier alpha value is -5.05. The summed E-state index contributed by atoms with van der Waals surface area (Å²) in [6.45, 7) is 0. The number of anilines is 1. The number of aromatic amines is 1. The number of aromatic nitrogens is 5. The number of nitrogens with one attached hydrogen (secondary N) is 2. The first-order chi connectivity index (χ1) is 16.6. The number of H-pyrrole nitrogens is 1. The lowest BCUT2D eigenvalue weighted by molar-refractivity contribution is 0.483. The Morgan fingerprint density at radius 1 is 0.824 bits per heavy atom. The van der Waals surface area contributed by atoms with Crippen molar-refractivity contribution in [2.24, 2.45) is 5.73 Å². The van der Waals surface area contributed by atoms with Crippen molar-refractivity contribution in [3.05, 3.63) is 90.5 Å². The fourth-order valence-electron chi connectivity index (χ4n) is 3.61. The quantitative estimate of drug-likeness (QED) is 0.224. The number of para-hydroxylation sites is 1. The Kier molecular flexibility index (Phi) is 5.41. The van der Waals surface area contributed by atoms with Crippen LogP contribution in [0.2, 0.25) is 0 Å². The van der Waals surface area contributed by atoms with Gasteiger partial charge in [0.05, 0.1) is 17.0 Å². The molecule has 5 rings (SSSR count). The standard InChI is InChI=1S/C25H20N8O/c26-20-14-21(16-5-4-6-17(13-16)25-30-32-33-31-25)29-23(22(20)24(27)28)15-9-11-19(12-10-15)34-18-7-2-1-3-8-18/h1-14H,(H2,26,29)(H3,27,28)(H,30,31,32,33). The lowest BCUT2D eigenvalue weighted by atomic mass is 10.00. The predicted molar refractivity (Wildman–Crippen MR) is 130 cm³/mol. The van der Waals surface area contributed by atoms with Gasteiger partial charge in [0.25, 0.3) is 0 Å². The van der Waals surface area contributed by atoms with Crippen molar-refractivity contribution in [1.29, 1.82) is 5.41 Å². The maximum absolute atomic E-state index is 8.07. The van der Waals surface area contributed by atoms with E-state index >= 15 is 0 Å². The minimum atomic E-state index is -0.156. The second-order valence-electron chi connectivity index (χ2n) is 7.49. The third kappa shape index (κ3) is 4.17. The highest BCUT2D eigenvalue weighted by Crippen LogP contribution is 2.33. The summed E-state index contributed by atoms with van der Waals surface area (Å²) in [6, 6.07) is 26.2. The maximum atomic E-state index is 8.07. The molecule has 2 aromatic heterocycles. The van der Waals surface area contributed by atoms with Crippen molar-refractivity contribution in [1.82, 2.24) is 25.6 Å². The van der Waals surface area contributed by atoms with E-state index in [0.29, 0.717) is 34.2 Å². The molecule has 0 aliphatic heterocycles. The fourth-order valence-corrected chi connectivity index (χ4v) is 3.61. The molecule has 166 valence electrons. The number of rotatable bonds is 6. The molecular formula is C25H20N8O. The van der Waals surface area contributed by atoms with Crippen LogP contribution in [0.5, 0.6) is 11.5 Å². The van der Waals surface area contributed by atoms with Crippen LogP contribution < -0.4 is 16.2 Å². The summed E-state index contributed by atoms with van der Waals surface area (Å²) in [4.78, 5) is 4.83. The molecule has 9 nitrogen and oxygen atoms in total. The molecule has 0 radical (unpaired) electrons. The zero-order chi connectivity index (χ0) is 23.5. The molecule has 34 heavy (non-hydrogen) atoms. The van der Waals surface area contributed by atoms with E-state index in [9.17, 15) is 0 Å². The number of nitrogens with two attached hydrogens (primary N) is 2. The molecule has 0 saturated carbocycles. The number of tetrazole rings is 1. The van der Waals surface area contributed by atoms with Crippen molar-refractivity contribution in [2.45, 2.75) is 0 Å². The van der Waals surface area contributed by atoms with Crippen LogP contribution in [0.4, 0.5) is 5.69 Å². The summed E-state index contributed by atoms with van der Waals surface area (Å²) in [5, 5.41) is 22.2. The summed E-state index contributed by atoms with van der Waals surface area (Å²) < 4.78 is 5.88. The predicted octanol–water partition coefficient (Wildman–Crippen LogP) is 4.25. The molecule has 9 heteroatoms. The molecule has 2 heterocycles. The SMILES string of the molecule is N=C(N)c1c(N)cc(-c2cccc(-c3nn[nH]n3)c2)nc1-c1ccc(Oc2ccccc2)cc1. The van der Waals surface area contributed by atoms with Gasteiger partial charge < -0.3 is 16.2 Å². The Morgan fingerprint density at radius 3 is 2.26 bits per heavy atom. The second-order valence-corrected chi connectivity index (χ2v) is 7.49. The van der Waals surface area contributed by atoms with Crippen LogP contribution in [-0.2, 0) is 0 Å². The average molecular weight is 448 g/mol. The Labute approximate surface area is 194 Å². The van der Waals surface area contributed by atoms with Crippen molar-refractivity contribution in [2.75, 3.05) is 5.73 Å². The monoisotopic (exact) mass is 448 g/mol. The third-order valence-electron chi connectivity index (χ3n) is 5.19. The van der Waals surface area contributed by atoms with E-state index in [1.807, 2.05) is 78.9 Å². The molecule has 0 spiro atoms. The van der Waals surface area contributed by atoms with Crippen LogP contribution in [-0.4, -0.2) is 31.4 Å². The molecule has 5 aromatic rings. The summed E-state index contributed by atoms with van der Waals surface area (Å²) in [7, 11) is 0. The zero-order valence-corrected chi connectivity index (χ0v) is 17.9. The fraction of sp³-hybridized carbons (Fsp3) is 0. The molecule has 0 saturated heterocycles. The van der Waals surface area contributed by atoms with Crippen molar-refractivity contribution in [3.63, 3.8) is 0 Å². The largest absolute Gasteiger partial charge is 0.457 e. The summed E-state index contributed by atoms with van der Waals surface area (Å²) in [5.74, 6) is 1.74. The van der Waals surface area contributed by atoms with Gasteiger partial charge in [-0.25, -0.2) is 4.98 Å². The Morgan fingerprint density at radius 2 is 1.56 bits per heavy atom. The first kappa shape index (κ1) is 20.8. The molecule has 0 bridgehead atoms. The molecule has 0 aliphatic carbocycles. The summed E-state index contributed by atoms with van der Waals surface area (Å²) >= 11 is 0. The topological polar surface area (TPSA) is 152 Å². The van der Waals surface area contributed by atoms with Gasteiger partial charge in [0.1, 0.15) is 17.3 Å². The summed E-state index contributed by atoms with van der Waals surface area (Å²) in [5.41, 5.74) is 16.5. The molecule has 3 aromatic carbocycles. The molecule has 0 unspecified atom stereocenters. The first-order valence-electron chi connectivity index (χ1n) is 10.4. The number of hydrogen-bond donors (Lipinski definition) is 4. The number of amidine groups is 1. The third-order valence-corrected chi connectivity index (χ3v) is 5.19.